The van der Waals surface area contributed by atoms with Crippen molar-refractivity contribution in [2.75, 3.05) is 33.7 Å². The highest BCUT2D eigenvalue weighted by Gasteiger charge is 2.23. The van der Waals surface area contributed by atoms with Gasteiger partial charge in [0.05, 0.1) is 0 Å². The average Bonchev–Trinajstić information content (AvgIpc) is 2.63. The number of rotatable bonds is 5. The van der Waals surface area contributed by atoms with Gasteiger partial charge in [-0.2, -0.15) is 0 Å². The summed E-state index contributed by atoms with van der Waals surface area (Å²) in [5, 5.41) is 5.95. The summed E-state index contributed by atoms with van der Waals surface area (Å²) in [6.45, 7) is 4.07. The third-order valence-corrected chi connectivity index (χ3v) is 4.94. The number of nitrogens with zero attached hydrogens (tertiary/aromatic N) is 2. The second kappa shape index (κ2) is 9.50. The molecule has 1 aliphatic rings. The summed E-state index contributed by atoms with van der Waals surface area (Å²) in [7, 11) is 3.39. The Morgan fingerprint density at radius 3 is 2.62 bits per heavy atom. The van der Waals surface area contributed by atoms with Crippen LogP contribution < -0.4 is 10.6 Å². The second-order valence-corrected chi connectivity index (χ2v) is 6.80. The molecule has 1 aromatic carbocycles. The summed E-state index contributed by atoms with van der Waals surface area (Å²) in [4.78, 5) is 18.0. The zero-order valence-electron chi connectivity index (χ0n) is 15.7. The van der Waals surface area contributed by atoms with Crippen LogP contribution in [0, 0.1) is 17.6 Å². The van der Waals surface area contributed by atoms with E-state index in [1.165, 1.54) is 12.1 Å². The molecule has 0 radical (unpaired) electrons. The predicted octanol–water partition coefficient (Wildman–Crippen LogP) is 2.49. The Balaban J connectivity index is 1.85. The normalized spacial score (nSPS) is 17.1. The molecule has 1 unspecified atom stereocenters. The molecule has 0 bridgehead atoms. The van der Waals surface area contributed by atoms with Gasteiger partial charge in [-0.05, 0) is 30.4 Å². The quantitative estimate of drug-likeness (QED) is 0.622. The summed E-state index contributed by atoms with van der Waals surface area (Å²) in [5.41, 5.74) is 0.485. The molecule has 2 rings (SSSR count). The highest BCUT2D eigenvalue weighted by Crippen LogP contribution is 2.21. The molecule has 1 fully saturated rings. The number of carbonyl (C=O) groups excluding carboxylic acids is 1. The molecule has 0 spiro atoms. The van der Waals surface area contributed by atoms with E-state index in [4.69, 9.17) is 0 Å². The van der Waals surface area contributed by atoms with E-state index in [0.29, 0.717) is 24.4 Å². The smallest absolute Gasteiger partial charge is 0.220 e. The zero-order valence-corrected chi connectivity index (χ0v) is 15.7. The van der Waals surface area contributed by atoms with Crippen LogP contribution in [0.5, 0.6) is 0 Å². The van der Waals surface area contributed by atoms with Gasteiger partial charge >= 0.3 is 0 Å². The van der Waals surface area contributed by atoms with Crippen LogP contribution in [-0.2, 0) is 4.79 Å². The number of aliphatic imine (C=N–C) groups is 1. The first-order valence-corrected chi connectivity index (χ1v) is 9.05. The summed E-state index contributed by atoms with van der Waals surface area (Å²) in [5.74, 6) is 0.0553. The molecular weight excluding hydrogens is 338 g/mol. The first kappa shape index (κ1) is 20.1. The lowest BCUT2D eigenvalue weighted by atomic mass is 9.93. The third kappa shape index (κ3) is 5.41. The van der Waals surface area contributed by atoms with E-state index in [0.717, 1.165) is 38.0 Å². The molecule has 1 aromatic rings. The minimum atomic E-state index is -0.568. The number of amides is 1. The summed E-state index contributed by atoms with van der Waals surface area (Å²) in [6, 6.07) is 3.68. The van der Waals surface area contributed by atoms with E-state index in [2.05, 4.69) is 20.5 Å². The van der Waals surface area contributed by atoms with Gasteiger partial charge in [0.1, 0.15) is 11.6 Å². The fraction of sp³-hybridized carbons (Fsp3) is 0.579. The third-order valence-electron chi connectivity index (χ3n) is 4.94. The van der Waals surface area contributed by atoms with Gasteiger partial charge in [-0.1, -0.05) is 13.0 Å². The maximum absolute atomic E-state index is 13.9. The van der Waals surface area contributed by atoms with Gasteiger partial charge in [-0.3, -0.25) is 9.79 Å². The number of piperidine rings is 1. The van der Waals surface area contributed by atoms with Crippen LogP contribution in [0.3, 0.4) is 0 Å². The van der Waals surface area contributed by atoms with Crippen LogP contribution >= 0.6 is 0 Å². The van der Waals surface area contributed by atoms with Crippen molar-refractivity contribution in [1.29, 1.82) is 0 Å². The first-order chi connectivity index (χ1) is 12.4. The van der Waals surface area contributed by atoms with Crippen molar-refractivity contribution in [2.24, 2.45) is 10.9 Å². The molecule has 1 atom stereocenters. The largest absolute Gasteiger partial charge is 0.359 e. The van der Waals surface area contributed by atoms with Crippen molar-refractivity contribution in [3.05, 3.63) is 35.4 Å². The zero-order chi connectivity index (χ0) is 19.1. The Labute approximate surface area is 153 Å². The molecule has 0 aliphatic carbocycles. The number of halogens is 2. The van der Waals surface area contributed by atoms with Gasteiger partial charge in [0.25, 0.3) is 0 Å². The lowest BCUT2D eigenvalue weighted by molar-refractivity contribution is -0.121. The lowest BCUT2D eigenvalue weighted by Crippen LogP contribution is -2.46. The molecule has 0 saturated carbocycles. The van der Waals surface area contributed by atoms with Gasteiger partial charge < -0.3 is 15.5 Å². The Morgan fingerprint density at radius 1 is 1.35 bits per heavy atom. The lowest BCUT2D eigenvalue weighted by Gasteiger charge is -2.34. The highest BCUT2D eigenvalue weighted by molar-refractivity contribution is 5.80. The number of benzene rings is 1. The van der Waals surface area contributed by atoms with Gasteiger partial charge in [0.2, 0.25) is 5.91 Å². The van der Waals surface area contributed by atoms with Crippen molar-refractivity contribution in [3.63, 3.8) is 0 Å². The van der Waals surface area contributed by atoms with E-state index in [1.807, 2.05) is 6.92 Å². The van der Waals surface area contributed by atoms with Crippen molar-refractivity contribution < 1.29 is 13.6 Å². The molecule has 144 valence electrons. The Kier molecular flexibility index (Phi) is 7.36. The molecule has 1 aliphatic heterocycles. The number of carbonyl (C=O) groups is 1. The molecule has 2 N–H and O–H groups in total. The van der Waals surface area contributed by atoms with Crippen molar-refractivity contribution in [1.82, 2.24) is 15.5 Å². The predicted molar refractivity (Wildman–Crippen MR) is 99.1 cm³/mol. The SMILES string of the molecule is CN=C(NCC(C)c1ccc(F)cc1F)N1CCC(CC(=O)NC)CC1. The Bertz CT molecular complexity index is 642. The number of guanidine groups is 1. The number of nitrogens with one attached hydrogen (secondary N) is 2. The molecule has 26 heavy (non-hydrogen) atoms. The molecule has 5 nitrogen and oxygen atoms in total. The van der Waals surface area contributed by atoms with Crippen LogP contribution in [0.2, 0.25) is 0 Å². The van der Waals surface area contributed by atoms with Crippen LogP contribution in [0.4, 0.5) is 8.78 Å². The van der Waals surface area contributed by atoms with Crippen LogP contribution in [0.1, 0.15) is 37.7 Å². The summed E-state index contributed by atoms with van der Waals surface area (Å²) >= 11 is 0. The van der Waals surface area contributed by atoms with Crippen LogP contribution in [0.25, 0.3) is 0 Å². The summed E-state index contributed by atoms with van der Waals surface area (Å²) < 4.78 is 26.9. The molecular formula is C19H28F2N4O. The molecule has 1 heterocycles. The Morgan fingerprint density at radius 2 is 2.04 bits per heavy atom. The van der Waals surface area contributed by atoms with E-state index in [9.17, 15) is 13.6 Å². The number of likely N-dealkylation sites (tertiary alicyclic amines) is 1. The fourth-order valence-corrected chi connectivity index (χ4v) is 3.30. The van der Waals surface area contributed by atoms with Crippen LogP contribution in [0.15, 0.2) is 23.2 Å². The molecule has 0 aromatic heterocycles. The number of hydrogen-bond donors (Lipinski definition) is 2. The number of hydrogen-bond acceptors (Lipinski definition) is 2. The molecule has 7 heteroatoms. The fourth-order valence-electron chi connectivity index (χ4n) is 3.30. The van der Waals surface area contributed by atoms with E-state index in [-0.39, 0.29) is 11.8 Å². The Hall–Kier alpha value is -2.18. The van der Waals surface area contributed by atoms with Crippen molar-refractivity contribution in [2.45, 2.75) is 32.1 Å². The average molecular weight is 366 g/mol. The maximum atomic E-state index is 13.9. The minimum absolute atomic E-state index is 0.0844. The highest BCUT2D eigenvalue weighted by atomic mass is 19.1. The van der Waals surface area contributed by atoms with Gasteiger partial charge in [0, 0.05) is 52.1 Å². The first-order valence-electron chi connectivity index (χ1n) is 9.05. The molecule has 1 saturated heterocycles. The summed E-state index contributed by atoms with van der Waals surface area (Å²) in [6.07, 6.45) is 2.45. The topological polar surface area (TPSA) is 56.7 Å². The molecule has 1 amide bonds. The monoisotopic (exact) mass is 366 g/mol. The van der Waals surface area contributed by atoms with E-state index < -0.39 is 11.6 Å². The van der Waals surface area contributed by atoms with Gasteiger partial charge in [-0.25, -0.2) is 8.78 Å². The van der Waals surface area contributed by atoms with E-state index >= 15 is 0 Å². The van der Waals surface area contributed by atoms with Crippen molar-refractivity contribution >= 4 is 11.9 Å². The van der Waals surface area contributed by atoms with E-state index in [1.54, 1.807) is 14.1 Å². The minimum Gasteiger partial charge on any atom is -0.359 e. The van der Waals surface area contributed by atoms with Crippen molar-refractivity contribution in [3.8, 4) is 0 Å². The van der Waals surface area contributed by atoms with Gasteiger partial charge in [-0.15, -0.1) is 0 Å². The van der Waals surface area contributed by atoms with Crippen LogP contribution in [-0.4, -0.2) is 50.5 Å². The second-order valence-electron chi connectivity index (χ2n) is 6.80. The standard InChI is InChI=1S/C19H28F2N4O/c1-13(16-5-4-15(20)11-17(16)21)12-24-19(23-3)25-8-6-14(7-9-25)10-18(26)22-2/h4-5,11,13-14H,6-10,12H2,1-3H3,(H,22,26)(H,23,24). The maximum Gasteiger partial charge on any atom is 0.220 e. The van der Waals surface area contributed by atoms with Gasteiger partial charge in [0.15, 0.2) is 5.96 Å².